The van der Waals surface area contributed by atoms with Crippen LogP contribution < -0.4 is 16.0 Å². The van der Waals surface area contributed by atoms with Gasteiger partial charge in [-0.25, -0.2) is 4.79 Å². The Kier molecular flexibility index (Phi) is 7.91. The first kappa shape index (κ1) is 24.5. The van der Waals surface area contributed by atoms with Crippen LogP contribution in [0.1, 0.15) is 62.4 Å². The number of hydrogen-bond acceptors (Lipinski definition) is 4. The molecule has 0 aromatic heterocycles. The van der Waals surface area contributed by atoms with E-state index < -0.39 is 41.8 Å². The molecule has 0 bridgehead atoms. The van der Waals surface area contributed by atoms with Gasteiger partial charge in [-0.15, -0.1) is 0 Å². The molecule has 31 heavy (non-hydrogen) atoms. The van der Waals surface area contributed by atoms with Crippen LogP contribution in [0, 0.1) is 0 Å². The largest absolute Gasteiger partial charge is 0.444 e. The van der Waals surface area contributed by atoms with E-state index in [2.05, 4.69) is 16.0 Å². The molecule has 1 fully saturated rings. The van der Waals surface area contributed by atoms with Crippen molar-refractivity contribution in [3.63, 3.8) is 0 Å². The van der Waals surface area contributed by atoms with Crippen molar-refractivity contribution in [1.82, 2.24) is 16.0 Å². The molecule has 172 valence electrons. The maximum Gasteiger partial charge on any atom is 0.416 e. The summed E-state index contributed by atoms with van der Waals surface area (Å²) < 4.78 is 43.6. The molecule has 0 spiro atoms. The summed E-state index contributed by atoms with van der Waals surface area (Å²) in [5, 5.41) is 7.87. The average molecular weight is 443 g/mol. The predicted octanol–water partition coefficient (Wildman–Crippen LogP) is 3.39. The third kappa shape index (κ3) is 8.10. The zero-order chi connectivity index (χ0) is 23.2. The van der Waals surface area contributed by atoms with Gasteiger partial charge in [0.1, 0.15) is 5.60 Å². The lowest BCUT2D eigenvalue weighted by Gasteiger charge is -2.33. The highest BCUT2D eigenvalue weighted by molar-refractivity contribution is 5.96. The van der Waals surface area contributed by atoms with E-state index in [0.717, 1.165) is 31.0 Å². The molecular weight excluding hydrogens is 415 g/mol. The molecule has 0 unspecified atom stereocenters. The molecule has 7 nitrogen and oxygen atoms in total. The summed E-state index contributed by atoms with van der Waals surface area (Å²) in [6, 6.07) is 3.32. The SMILES string of the molecule is CC(C)(C)OC(=O)N[C@@H]1CCCC[C@@H]1NC(=O)CNC(=O)c1cccc(C(F)(F)F)c1. The molecule has 0 radical (unpaired) electrons. The van der Waals surface area contributed by atoms with Crippen molar-refractivity contribution in [2.24, 2.45) is 0 Å². The van der Waals surface area contributed by atoms with Crippen molar-refractivity contribution in [2.75, 3.05) is 6.54 Å². The summed E-state index contributed by atoms with van der Waals surface area (Å²) in [6.07, 6.45) is -2.07. The van der Waals surface area contributed by atoms with Gasteiger partial charge in [0.25, 0.3) is 5.91 Å². The second-order valence-corrected chi connectivity index (χ2v) is 8.47. The molecule has 0 heterocycles. The van der Waals surface area contributed by atoms with Gasteiger partial charge in [0.15, 0.2) is 0 Å². The van der Waals surface area contributed by atoms with Gasteiger partial charge in [-0.05, 0) is 51.8 Å². The number of benzene rings is 1. The van der Waals surface area contributed by atoms with E-state index in [4.69, 9.17) is 4.74 Å². The third-order valence-corrected chi connectivity index (χ3v) is 4.68. The molecule has 0 saturated heterocycles. The quantitative estimate of drug-likeness (QED) is 0.650. The first-order chi connectivity index (χ1) is 14.3. The van der Waals surface area contributed by atoms with Gasteiger partial charge in [0.05, 0.1) is 18.2 Å². The maximum atomic E-state index is 12.8. The Morgan fingerprint density at radius 3 is 2.23 bits per heavy atom. The van der Waals surface area contributed by atoms with Crippen LogP contribution in [-0.2, 0) is 15.7 Å². The van der Waals surface area contributed by atoms with E-state index in [1.54, 1.807) is 20.8 Å². The van der Waals surface area contributed by atoms with Gasteiger partial charge in [-0.3, -0.25) is 9.59 Å². The van der Waals surface area contributed by atoms with Gasteiger partial charge < -0.3 is 20.7 Å². The fourth-order valence-corrected chi connectivity index (χ4v) is 3.29. The minimum Gasteiger partial charge on any atom is -0.444 e. The monoisotopic (exact) mass is 443 g/mol. The summed E-state index contributed by atoms with van der Waals surface area (Å²) in [7, 11) is 0. The molecule has 3 N–H and O–H groups in total. The van der Waals surface area contributed by atoms with Crippen molar-refractivity contribution in [3.05, 3.63) is 35.4 Å². The van der Waals surface area contributed by atoms with Crippen molar-refractivity contribution in [3.8, 4) is 0 Å². The second-order valence-electron chi connectivity index (χ2n) is 8.47. The van der Waals surface area contributed by atoms with Crippen LogP contribution in [0.25, 0.3) is 0 Å². The molecule has 3 amide bonds. The number of rotatable bonds is 5. The van der Waals surface area contributed by atoms with E-state index in [9.17, 15) is 27.6 Å². The predicted molar refractivity (Wildman–Crippen MR) is 107 cm³/mol. The highest BCUT2D eigenvalue weighted by atomic mass is 19.4. The summed E-state index contributed by atoms with van der Waals surface area (Å²) in [6.45, 7) is 4.85. The maximum absolute atomic E-state index is 12.8. The first-order valence-electron chi connectivity index (χ1n) is 10.1. The number of halogens is 3. The number of nitrogens with one attached hydrogen (secondary N) is 3. The molecule has 10 heteroatoms. The average Bonchev–Trinajstić information content (AvgIpc) is 2.65. The lowest BCUT2D eigenvalue weighted by Crippen LogP contribution is -2.55. The van der Waals surface area contributed by atoms with Crippen LogP contribution in [0.5, 0.6) is 0 Å². The summed E-state index contributed by atoms with van der Waals surface area (Å²) in [5.41, 5.74) is -1.78. The number of carbonyl (C=O) groups excluding carboxylic acids is 3. The fraction of sp³-hybridized carbons (Fsp3) is 0.571. The van der Waals surface area contributed by atoms with Crippen molar-refractivity contribution < 1.29 is 32.3 Å². The number of alkyl carbamates (subject to hydrolysis) is 1. The van der Waals surface area contributed by atoms with E-state index in [-0.39, 0.29) is 17.6 Å². The molecule has 2 rings (SSSR count). The Balaban J connectivity index is 1.89. The van der Waals surface area contributed by atoms with Crippen molar-refractivity contribution in [2.45, 2.75) is 70.3 Å². The number of amides is 3. The second kappa shape index (κ2) is 10.0. The number of hydrogen-bond donors (Lipinski definition) is 3. The zero-order valence-corrected chi connectivity index (χ0v) is 17.8. The van der Waals surface area contributed by atoms with Gasteiger partial charge in [-0.2, -0.15) is 13.2 Å². The Morgan fingerprint density at radius 1 is 1.03 bits per heavy atom. The first-order valence-corrected chi connectivity index (χ1v) is 10.1. The van der Waals surface area contributed by atoms with Gasteiger partial charge in [0.2, 0.25) is 5.91 Å². The van der Waals surface area contributed by atoms with E-state index >= 15 is 0 Å². The zero-order valence-electron chi connectivity index (χ0n) is 17.8. The van der Waals surface area contributed by atoms with Gasteiger partial charge >= 0.3 is 12.3 Å². The Hall–Kier alpha value is -2.78. The van der Waals surface area contributed by atoms with Crippen molar-refractivity contribution in [1.29, 1.82) is 0 Å². The van der Waals surface area contributed by atoms with Crippen LogP contribution in [-0.4, -0.2) is 42.1 Å². The molecule has 1 aliphatic carbocycles. The van der Waals surface area contributed by atoms with Crippen LogP contribution >= 0.6 is 0 Å². The molecule has 2 atom stereocenters. The molecule has 1 saturated carbocycles. The van der Waals surface area contributed by atoms with E-state index in [1.165, 1.54) is 6.07 Å². The number of ether oxygens (including phenoxy) is 1. The Labute approximate surface area is 179 Å². The lowest BCUT2D eigenvalue weighted by atomic mass is 9.90. The van der Waals surface area contributed by atoms with Crippen LogP contribution in [0.4, 0.5) is 18.0 Å². The van der Waals surface area contributed by atoms with Gasteiger partial charge in [0, 0.05) is 11.6 Å². The topological polar surface area (TPSA) is 96.5 Å². The summed E-state index contributed by atoms with van der Waals surface area (Å²) in [5.74, 6) is -1.28. The summed E-state index contributed by atoms with van der Waals surface area (Å²) >= 11 is 0. The highest BCUT2D eigenvalue weighted by Gasteiger charge is 2.31. The molecule has 1 aliphatic rings. The van der Waals surface area contributed by atoms with Crippen LogP contribution in [0.3, 0.4) is 0 Å². The highest BCUT2D eigenvalue weighted by Crippen LogP contribution is 2.29. The van der Waals surface area contributed by atoms with Crippen LogP contribution in [0.2, 0.25) is 0 Å². The number of carbonyl (C=O) groups is 3. The fourth-order valence-electron chi connectivity index (χ4n) is 3.29. The van der Waals surface area contributed by atoms with Crippen LogP contribution in [0.15, 0.2) is 24.3 Å². The smallest absolute Gasteiger partial charge is 0.416 e. The molecule has 1 aromatic rings. The normalized spacial score (nSPS) is 19.3. The minimum absolute atomic E-state index is 0.190. The standard InChI is InChI=1S/C21H28F3N3O4/c1-20(2,3)31-19(30)27-16-10-5-4-9-15(16)26-17(28)12-25-18(29)13-7-6-8-14(11-13)21(22,23)24/h6-8,11,15-16H,4-5,9-10,12H2,1-3H3,(H,25,29)(H,26,28)(H,27,30)/t15-,16+/m0/s1. The molecule has 0 aliphatic heterocycles. The Bertz CT molecular complexity index is 806. The molecular formula is C21H28F3N3O4. The van der Waals surface area contributed by atoms with E-state index in [1.807, 2.05) is 0 Å². The van der Waals surface area contributed by atoms with Gasteiger partial charge in [-0.1, -0.05) is 18.9 Å². The molecule has 1 aromatic carbocycles. The minimum atomic E-state index is -4.56. The number of alkyl halides is 3. The van der Waals surface area contributed by atoms with Crippen molar-refractivity contribution >= 4 is 17.9 Å². The van der Waals surface area contributed by atoms with E-state index in [0.29, 0.717) is 12.8 Å². The summed E-state index contributed by atoms with van der Waals surface area (Å²) in [4.78, 5) is 36.5. The third-order valence-electron chi connectivity index (χ3n) is 4.68. The lowest BCUT2D eigenvalue weighted by molar-refractivity contribution is -0.137. The Morgan fingerprint density at radius 2 is 1.65 bits per heavy atom.